The van der Waals surface area contributed by atoms with E-state index in [0.717, 1.165) is 29.8 Å². The number of rotatable bonds is 9. The van der Waals surface area contributed by atoms with Gasteiger partial charge in [0.15, 0.2) is 11.5 Å². The van der Waals surface area contributed by atoms with E-state index in [9.17, 15) is 22.8 Å². The van der Waals surface area contributed by atoms with E-state index in [0.29, 0.717) is 23.0 Å². The predicted octanol–water partition coefficient (Wildman–Crippen LogP) is 5.19. The Hall–Kier alpha value is -4.21. The van der Waals surface area contributed by atoms with E-state index in [4.69, 9.17) is 13.9 Å². The predicted molar refractivity (Wildman–Crippen MR) is 128 cm³/mol. The van der Waals surface area contributed by atoms with Crippen molar-refractivity contribution in [3.63, 3.8) is 0 Å². The lowest BCUT2D eigenvalue weighted by atomic mass is 10.1. The molecule has 7 nitrogen and oxygen atoms in total. The van der Waals surface area contributed by atoms with Crippen LogP contribution in [-0.2, 0) is 24.1 Å². The molecular weight excluding hydrogens is 489 g/mol. The van der Waals surface area contributed by atoms with Gasteiger partial charge in [0.1, 0.15) is 18.1 Å². The van der Waals surface area contributed by atoms with Gasteiger partial charge in [0.25, 0.3) is 5.91 Å². The average Bonchev–Trinajstić information content (AvgIpc) is 3.50. The number of aryl methyl sites for hydroxylation is 1. The number of hydrogen-bond donors (Lipinski definition) is 0. The van der Waals surface area contributed by atoms with Crippen molar-refractivity contribution in [2.75, 3.05) is 19.9 Å². The lowest BCUT2D eigenvalue weighted by Gasteiger charge is -2.27. The van der Waals surface area contributed by atoms with Crippen molar-refractivity contribution < 1.29 is 36.7 Å². The first kappa shape index (κ1) is 25.9. The third-order valence-electron chi connectivity index (χ3n) is 5.73. The van der Waals surface area contributed by atoms with Crippen LogP contribution in [-0.4, -0.2) is 41.5 Å². The monoisotopic (exact) mass is 514 g/mol. The number of fused-ring (bicyclic) bond motifs is 1. The molecular formula is C27H25F3N2O5. The van der Waals surface area contributed by atoms with Crippen molar-refractivity contribution in [3.8, 4) is 11.5 Å². The maximum absolute atomic E-state index is 13.5. The van der Waals surface area contributed by atoms with Gasteiger partial charge in [-0.1, -0.05) is 12.1 Å². The standard InChI is InChI=1S/C27H25F3N2O5/c1-3-12-31(26(34)20-6-8-21(9-7-20)27(28,29)30)16-25(33)32(15-22-10-4-18(2)37-22)14-19-5-11-23-24(13-19)36-17-35-23/h3-11,13H,1,12,14-17H2,2H3. The number of amides is 2. The Labute approximate surface area is 211 Å². The Bertz CT molecular complexity index is 1280. The molecule has 0 saturated heterocycles. The number of nitrogens with zero attached hydrogens (tertiary/aromatic N) is 2. The smallest absolute Gasteiger partial charge is 0.416 e. The molecule has 0 unspecified atom stereocenters. The Morgan fingerprint density at radius 2 is 1.70 bits per heavy atom. The number of ether oxygens (including phenoxy) is 2. The summed E-state index contributed by atoms with van der Waals surface area (Å²) in [5, 5.41) is 0. The summed E-state index contributed by atoms with van der Waals surface area (Å²) in [6.45, 7) is 5.62. The zero-order valence-electron chi connectivity index (χ0n) is 20.1. The van der Waals surface area contributed by atoms with E-state index >= 15 is 0 Å². The van der Waals surface area contributed by atoms with Gasteiger partial charge >= 0.3 is 6.18 Å². The molecule has 0 aliphatic carbocycles. The molecule has 194 valence electrons. The fourth-order valence-electron chi connectivity index (χ4n) is 3.87. The molecule has 1 aliphatic heterocycles. The molecule has 0 bridgehead atoms. The van der Waals surface area contributed by atoms with Gasteiger partial charge in [0.2, 0.25) is 12.7 Å². The van der Waals surface area contributed by atoms with Crippen LogP contribution in [0.4, 0.5) is 13.2 Å². The van der Waals surface area contributed by atoms with Gasteiger partial charge < -0.3 is 23.7 Å². The summed E-state index contributed by atoms with van der Waals surface area (Å²) >= 11 is 0. The van der Waals surface area contributed by atoms with Gasteiger partial charge in [-0.15, -0.1) is 6.58 Å². The van der Waals surface area contributed by atoms with Crippen LogP contribution in [0.3, 0.4) is 0 Å². The highest BCUT2D eigenvalue weighted by atomic mass is 19.4. The van der Waals surface area contributed by atoms with Crippen LogP contribution in [0.2, 0.25) is 0 Å². The van der Waals surface area contributed by atoms with Gasteiger partial charge in [-0.25, -0.2) is 0 Å². The average molecular weight is 515 g/mol. The molecule has 1 aromatic heterocycles. The number of benzene rings is 2. The molecule has 10 heteroatoms. The Morgan fingerprint density at radius 3 is 2.35 bits per heavy atom. The summed E-state index contributed by atoms with van der Waals surface area (Å²) in [5.74, 6) is 1.48. The minimum Gasteiger partial charge on any atom is -0.464 e. The van der Waals surface area contributed by atoms with Crippen LogP contribution in [0.25, 0.3) is 0 Å². The highest BCUT2D eigenvalue weighted by Crippen LogP contribution is 2.33. The molecule has 0 N–H and O–H groups in total. The second-order valence-corrected chi connectivity index (χ2v) is 8.50. The van der Waals surface area contributed by atoms with Crippen LogP contribution < -0.4 is 9.47 Å². The summed E-state index contributed by atoms with van der Waals surface area (Å²) in [7, 11) is 0. The van der Waals surface area contributed by atoms with E-state index in [1.54, 1.807) is 31.2 Å². The minimum absolute atomic E-state index is 0.0311. The SMILES string of the molecule is C=CCN(CC(=O)N(Cc1ccc2c(c1)OCO2)Cc1ccc(C)o1)C(=O)c1ccc(C(F)(F)F)cc1. The van der Waals surface area contributed by atoms with Crippen LogP contribution >= 0.6 is 0 Å². The number of furan rings is 1. The van der Waals surface area contributed by atoms with E-state index < -0.39 is 17.6 Å². The maximum atomic E-state index is 13.5. The van der Waals surface area contributed by atoms with Crippen LogP contribution in [0, 0.1) is 6.92 Å². The van der Waals surface area contributed by atoms with Gasteiger partial charge in [-0.05, 0) is 61.0 Å². The normalized spacial score (nSPS) is 12.3. The van der Waals surface area contributed by atoms with E-state index in [1.165, 1.54) is 15.9 Å². The molecule has 1 aliphatic rings. The van der Waals surface area contributed by atoms with Gasteiger partial charge in [0.05, 0.1) is 12.1 Å². The summed E-state index contributed by atoms with van der Waals surface area (Å²) in [6, 6.07) is 12.8. The Morgan fingerprint density at radius 1 is 0.973 bits per heavy atom. The van der Waals surface area contributed by atoms with E-state index in [2.05, 4.69) is 6.58 Å². The summed E-state index contributed by atoms with van der Waals surface area (Å²) in [4.78, 5) is 29.3. The molecule has 0 radical (unpaired) electrons. The number of hydrogen-bond acceptors (Lipinski definition) is 5. The topological polar surface area (TPSA) is 72.2 Å². The first-order valence-corrected chi connectivity index (χ1v) is 11.4. The molecule has 3 aromatic rings. The lowest BCUT2D eigenvalue weighted by Crippen LogP contribution is -2.42. The number of alkyl halides is 3. The number of halogens is 3. The molecule has 0 atom stereocenters. The highest BCUT2D eigenvalue weighted by molar-refractivity contribution is 5.96. The van der Waals surface area contributed by atoms with Crippen molar-refractivity contribution in [2.45, 2.75) is 26.2 Å². The van der Waals surface area contributed by atoms with Gasteiger partial charge in [-0.2, -0.15) is 13.2 Å². The van der Waals surface area contributed by atoms with Crippen molar-refractivity contribution in [1.82, 2.24) is 9.80 Å². The molecule has 0 fully saturated rings. The molecule has 2 aromatic carbocycles. The first-order valence-electron chi connectivity index (χ1n) is 11.4. The van der Waals surface area contributed by atoms with Crippen LogP contribution in [0.15, 0.2) is 71.7 Å². The zero-order chi connectivity index (χ0) is 26.6. The van der Waals surface area contributed by atoms with Crippen molar-refractivity contribution >= 4 is 11.8 Å². The Kier molecular flexibility index (Phi) is 7.56. The van der Waals surface area contributed by atoms with E-state index in [-0.39, 0.29) is 44.4 Å². The number of carbonyl (C=O) groups excluding carboxylic acids is 2. The lowest BCUT2D eigenvalue weighted by molar-refractivity contribution is -0.137. The third kappa shape index (κ3) is 6.32. The molecule has 4 rings (SSSR count). The van der Waals surface area contributed by atoms with Crippen LogP contribution in [0.1, 0.15) is 33.0 Å². The largest absolute Gasteiger partial charge is 0.464 e. The van der Waals surface area contributed by atoms with Crippen molar-refractivity contribution in [2.24, 2.45) is 0 Å². The molecule has 2 heterocycles. The van der Waals surface area contributed by atoms with Gasteiger partial charge in [0, 0.05) is 18.7 Å². The van der Waals surface area contributed by atoms with E-state index in [1.807, 2.05) is 6.07 Å². The fourth-order valence-corrected chi connectivity index (χ4v) is 3.87. The maximum Gasteiger partial charge on any atom is 0.416 e. The summed E-state index contributed by atoms with van der Waals surface area (Å²) in [5.41, 5.74) is -0.0455. The summed E-state index contributed by atoms with van der Waals surface area (Å²) in [6.07, 6.45) is -3.06. The van der Waals surface area contributed by atoms with Gasteiger partial charge in [-0.3, -0.25) is 9.59 Å². The zero-order valence-corrected chi connectivity index (χ0v) is 20.1. The molecule has 37 heavy (non-hydrogen) atoms. The van der Waals surface area contributed by atoms with Crippen LogP contribution in [0.5, 0.6) is 11.5 Å². The molecule has 0 spiro atoms. The summed E-state index contributed by atoms with van der Waals surface area (Å²) < 4.78 is 55.2. The van der Waals surface area contributed by atoms with Crippen molar-refractivity contribution in [3.05, 3.63) is 95.5 Å². The highest BCUT2D eigenvalue weighted by Gasteiger charge is 2.31. The second-order valence-electron chi connectivity index (χ2n) is 8.50. The molecule has 2 amide bonds. The number of carbonyl (C=O) groups is 2. The van der Waals surface area contributed by atoms with Crippen molar-refractivity contribution in [1.29, 1.82) is 0 Å². The fraction of sp³-hybridized carbons (Fsp3) is 0.259. The first-order chi connectivity index (χ1) is 17.6. The Balaban J connectivity index is 1.53. The minimum atomic E-state index is -4.52. The second kappa shape index (κ2) is 10.8. The molecule has 0 saturated carbocycles. The quantitative estimate of drug-likeness (QED) is 0.368. The third-order valence-corrected chi connectivity index (χ3v) is 5.73.